The summed E-state index contributed by atoms with van der Waals surface area (Å²) >= 11 is 0. The first kappa shape index (κ1) is 18.9. The molecular weight excluding hydrogens is 378 g/mol. The lowest BCUT2D eigenvalue weighted by Gasteiger charge is -2.27. The molecule has 0 unspecified atom stereocenters. The van der Waals surface area contributed by atoms with Crippen LogP contribution in [-0.4, -0.2) is 42.4 Å². The molecule has 3 aromatic rings. The number of nitrogens with one attached hydrogen (secondary N) is 1. The van der Waals surface area contributed by atoms with Gasteiger partial charge in [0.2, 0.25) is 0 Å². The number of hydrogen-bond donors (Lipinski definition) is 1. The number of benzene rings is 2. The van der Waals surface area contributed by atoms with Gasteiger partial charge in [0, 0.05) is 24.3 Å². The van der Waals surface area contributed by atoms with Crippen molar-refractivity contribution < 1.29 is 18.3 Å². The second-order valence-corrected chi connectivity index (χ2v) is 6.50. The molecule has 1 fully saturated rings. The molecule has 148 valence electrons. The quantitative estimate of drug-likeness (QED) is 0.731. The van der Waals surface area contributed by atoms with Crippen LogP contribution in [0.25, 0.3) is 11.3 Å². The van der Waals surface area contributed by atoms with E-state index in [-0.39, 0.29) is 0 Å². The van der Waals surface area contributed by atoms with E-state index in [9.17, 15) is 13.6 Å². The molecular formula is C21H18F2N4O2. The van der Waals surface area contributed by atoms with Crippen LogP contribution in [0.4, 0.5) is 20.3 Å². The van der Waals surface area contributed by atoms with E-state index in [0.29, 0.717) is 24.6 Å². The van der Waals surface area contributed by atoms with Gasteiger partial charge in [0.1, 0.15) is 17.2 Å². The van der Waals surface area contributed by atoms with Crippen molar-refractivity contribution in [3.05, 3.63) is 71.8 Å². The van der Waals surface area contributed by atoms with Crippen LogP contribution in [0.5, 0.6) is 0 Å². The van der Waals surface area contributed by atoms with E-state index in [1.54, 1.807) is 24.3 Å². The molecule has 2 aromatic carbocycles. The summed E-state index contributed by atoms with van der Waals surface area (Å²) in [6, 6.07) is 13.9. The molecule has 6 nitrogen and oxygen atoms in total. The maximum absolute atomic E-state index is 13.7. The van der Waals surface area contributed by atoms with Crippen molar-refractivity contribution in [3.8, 4) is 11.3 Å². The van der Waals surface area contributed by atoms with Gasteiger partial charge in [-0.05, 0) is 36.4 Å². The van der Waals surface area contributed by atoms with Gasteiger partial charge in [-0.25, -0.2) is 8.78 Å². The highest BCUT2D eigenvalue weighted by atomic mass is 19.1. The summed E-state index contributed by atoms with van der Waals surface area (Å²) in [4.78, 5) is 14.3. The summed E-state index contributed by atoms with van der Waals surface area (Å²) in [5.74, 6) is -1.86. The average Bonchev–Trinajstić information content (AvgIpc) is 2.75. The SMILES string of the molecule is O=C(Nc1ccc(-c2ccc(N3CCOCC3)nn2)cc1)c1c(F)cccc1F. The summed E-state index contributed by atoms with van der Waals surface area (Å²) in [6.45, 7) is 2.91. The zero-order chi connectivity index (χ0) is 20.2. The van der Waals surface area contributed by atoms with Crippen molar-refractivity contribution in [2.75, 3.05) is 36.5 Å². The lowest BCUT2D eigenvalue weighted by Crippen LogP contribution is -2.36. The molecule has 1 aliphatic heterocycles. The van der Waals surface area contributed by atoms with Crippen molar-refractivity contribution in [3.63, 3.8) is 0 Å². The van der Waals surface area contributed by atoms with Crippen LogP contribution in [0.2, 0.25) is 0 Å². The predicted molar refractivity (Wildman–Crippen MR) is 105 cm³/mol. The van der Waals surface area contributed by atoms with Gasteiger partial charge in [0.25, 0.3) is 5.91 Å². The Morgan fingerprint density at radius 3 is 2.24 bits per heavy atom. The van der Waals surface area contributed by atoms with Crippen molar-refractivity contribution in [1.29, 1.82) is 0 Å². The van der Waals surface area contributed by atoms with Crippen LogP contribution in [0.3, 0.4) is 0 Å². The monoisotopic (exact) mass is 396 g/mol. The standard InChI is InChI=1S/C21H18F2N4O2/c22-16-2-1-3-17(23)20(16)21(28)24-15-6-4-14(5-7-15)18-8-9-19(26-25-18)27-10-12-29-13-11-27/h1-9H,10-13H2,(H,24,28). The smallest absolute Gasteiger partial charge is 0.261 e. The van der Waals surface area contributed by atoms with E-state index < -0.39 is 23.1 Å². The number of nitrogens with zero attached hydrogens (tertiary/aromatic N) is 3. The van der Waals surface area contributed by atoms with Crippen LogP contribution in [0.15, 0.2) is 54.6 Å². The Morgan fingerprint density at radius 1 is 0.931 bits per heavy atom. The number of carbonyl (C=O) groups is 1. The number of halogens is 2. The Balaban J connectivity index is 1.46. The first-order valence-electron chi connectivity index (χ1n) is 9.14. The maximum Gasteiger partial charge on any atom is 0.261 e. The van der Waals surface area contributed by atoms with Crippen LogP contribution < -0.4 is 10.2 Å². The van der Waals surface area contributed by atoms with E-state index in [4.69, 9.17) is 4.74 Å². The third kappa shape index (κ3) is 4.22. The number of rotatable bonds is 4. The van der Waals surface area contributed by atoms with Gasteiger partial charge in [-0.1, -0.05) is 18.2 Å². The zero-order valence-corrected chi connectivity index (χ0v) is 15.4. The van der Waals surface area contributed by atoms with Gasteiger partial charge in [0.15, 0.2) is 5.82 Å². The molecule has 1 N–H and O–H groups in total. The summed E-state index contributed by atoms with van der Waals surface area (Å²) in [6.07, 6.45) is 0. The molecule has 0 atom stereocenters. The highest BCUT2D eigenvalue weighted by molar-refractivity contribution is 6.04. The summed E-state index contributed by atoms with van der Waals surface area (Å²) in [7, 11) is 0. The molecule has 8 heteroatoms. The minimum Gasteiger partial charge on any atom is -0.378 e. The van der Waals surface area contributed by atoms with Crippen molar-refractivity contribution >= 4 is 17.4 Å². The Bertz CT molecular complexity index is 984. The van der Waals surface area contributed by atoms with E-state index in [2.05, 4.69) is 20.4 Å². The molecule has 29 heavy (non-hydrogen) atoms. The van der Waals surface area contributed by atoms with E-state index in [1.165, 1.54) is 6.07 Å². The number of hydrogen-bond acceptors (Lipinski definition) is 5. The molecule has 0 radical (unpaired) electrons. The first-order chi connectivity index (χ1) is 14.1. The number of aromatic nitrogens is 2. The Labute approximate surface area is 166 Å². The maximum atomic E-state index is 13.7. The molecule has 0 aliphatic carbocycles. The van der Waals surface area contributed by atoms with Gasteiger partial charge in [-0.2, -0.15) is 0 Å². The lowest BCUT2D eigenvalue weighted by atomic mass is 10.1. The zero-order valence-electron chi connectivity index (χ0n) is 15.4. The fourth-order valence-electron chi connectivity index (χ4n) is 3.07. The summed E-state index contributed by atoms with van der Waals surface area (Å²) < 4.78 is 32.8. The molecule has 2 heterocycles. The highest BCUT2D eigenvalue weighted by Gasteiger charge is 2.17. The molecule has 1 aliphatic rings. The van der Waals surface area contributed by atoms with Gasteiger partial charge >= 0.3 is 0 Å². The highest BCUT2D eigenvalue weighted by Crippen LogP contribution is 2.22. The molecule has 0 bridgehead atoms. The fraction of sp³-hybridized carbons (Fsp3) is 0.190. The minimum absolute atomic E-state index is 0.416. The number of amides is 1. The van der Waals surface area contributed by atoms with Gasteiger partial charge in [-0.15, -0.1) is 10.2 Å². The van der Waals surface area contributed by atoms with Crippen molar-refractivity contribution in [2.24, 2.45) is 0 Å². The first-order valence-corrected chi connectivity index (χ1v) is 9.14. The minimum atomic E-state index is -0.908. The number of carbonyl (C=O) groups excluding carboxylic acids is 1. The molecule has 1 saturated heterocycles. The predicted octanol–water partition coefficient (Wildman–Crippen LogP) is 3.51. The number of ether oxygens (including phenoxy) is 1. The summed E-state index contributed by atoms with van der Waals surface area (Å²) in [5.41, 5.74) is 1.29. The normalized spacial score (nSPS) is 13.9. The number of morpholine rings is 1. The van der Waals surface area contributed by atoms with Crippen molar-refractivity contribution in [1.82, 2.24) is 10.2 Å². The second-order valence-electron chi connectivity index (χ2n) is 6.50. The fourth-order valence-corrected chi connectivity index (χ4v) is 3.07. The molecule has 0 saturated carbocycles. The van der Waals surface area contributed by atoms with Crippen molar-refractivity contribution in [2.45, 2.75) is 0 Å². The Morgan fingerprint density at radius 2 is 1.62 bits per heavy atom. The largest absolute Gasteiger partial charge is 0.378 e. The third-order valence-corrected chi connectivity index (χ3v) is 4.61. The second kappa shape index (κ2) is 8.32. The molecule has 4 rings (SSSR count). The summed E-state index contributed by atoms with van der Waals surface area (Å²) in [5, 5.41) is 11.0. The van der Waals surface area contributed by atoms with Crippen LogP contribution >= 0.6 is 0 Å². The molecule has 0 spiro atoms. The molecule has 1 aromatic heterocycles. The van der Waals surface area contributed by atoms with Gasteiger partial charge in [-0.3, -0.25) is 4.79 Å². The topological polar surface area (TPSA) is 67.4 Å². The molecule has 1 amide bonds. The van der Waals surface area contributed by atoms with Crippen LogP contribution in [-0.2, 0) is 4.74 Å². The van der Waals surface area contributed by atoms with Gasteiger partial charge < -0.3 is 15.0 Å². The Kier molecular flexibility index (Phi) is 5.44. The third-order valence-electron chi connectivity index (χ3n) is 4.61. The average molecular weight is 396 g/mol. The van der Waals surface area contributed by atoms with Crippen LogP contribution in [0.1, 0.15) is 10.4 Å². The van der Waals surface area contributed by atoms with E-state index in [0.717, 1.165) is 36.6 Å². The number of anilines is 2. The van der Waals surface area contributed by atoms with Gasteiger partial charge in [0.05, 0.1) is 18.9 Å². The van der Waals surface area contributed by atoms with E-state index >= 15 is 0 Å². The lowest BCUT2D eigenvalue weighted by molar-refractivity contribution is 0.101. The van der Waals surface area contributed by atoms with Crippen LogP contribution in [0, 0.1) is 11.6 Å². The Hall–Kier alpha value is -3.39. The van der Waals surface area contributed by atoms with E-state index in [1.807, 2.05) is 12.1 Å².